The molecule has 8 nitrogen and oxygen atoms in total. The molecule has 0 radical (unpaired) electrons. The molecular weight excluding hydrogens is 414 g/mol. The highest BCUT2D eigenvalue weighted by Crippen LogP contribution is 2.20. The summed E-state index contributed by atoms with van der Waals surface area (Å²) in [5, 5.41) is 14.4. The van der Waals surface area contributed by atoms with E-state index in [2.05, 4.69) is 20.8 Å². The normalized spacial score (nSPS) is 10.7. The van der Waals surface area contributed by atoms with Gasteiger partial charge in [-0.2, -0.15) is 0 Å². The van der Waals surface area contributed by atoms with Gasteiger partial charge in [-0.15, -0.1) is 10.2 Å². The van der Waals surface area contributed by atoms with Gasteiger partial charge in [0.05, 0.1) is 0 Å². The van der Waals surface area contributed by atoms with Crippen LogP contribution in [0.2, 0.25) is 0 Å². The third-order valence-corrected chi connectivity index (χ3v) is 5.25. The molecule has 0 atom stereocenters. The third kappa shape index (κ3) is 6.59. The first-order valence-electron chi connectivity index (χ1n) is 9.77. The van der Waals surface area contributed by atoms with Crippen molar-refractivity contribution in [1.82, 2.24) is 20.4 Å². The van der Waals surface area contributed by atoms with Gasteiger partial charge in [-0.1, -0.05) is 29.5 Å². The van der Waals surface area contributed by atoms with Crippen LogP contribution in [-0.2, 0) is 6.61 Å². The standard InChI is InChI=1S/C22H25N5O3S/c1-15-6-4-5-7-18(15)30-14-19-25-26-22(31-19)21(29)24-17-10-8-16(9-11-17)20(28)23-12-13-27(2)3/h4-11H,12-14H2,1-3H3,(H,23,28)(H,24,29). The predicted molar refractivity (Wildman–Crippen MR) is 121 cm³/mol. The van der Waals surface area contributed by atoms with Crippen molar-refractivity contribution in [3.8, 4) is 5.75 Å². The summed E-state index contributed by atoms with van der Waals surface area (Å²) in [4.78, 5) is 26.6. The highest BCUT2D eigenvalue weighted by Gasteiger charge is 2.14. The number of anilines is 1. The average molecular weight is 440 g/mol. The molecule has 3 rings (SSSR count). The molecule has 0 spiro atoms. The molecule has 0 bridgehead atoms. The zero-order chi connectivity index (χ0) is 22.2. The molecule has 1 aromatic heterocycles. The van der Waals surface area contributed by atoms with E-state index < -0.39 is 0 Å². The summed E-state index contributed by atoms with van der Waals surface area (Å²) in [5.74, 6) is 0.263. The molecule has 1 heterocycles. The number of aryl methyl sites for hydroxylation is 1. The van der Waals surface area contributed by atoms with E-state index in [0.29, 0.717) is 22.8 Å². The Kier molecular flexibility index (Phi) is 7.69. The quantitative estimate of drug-likeness (QED) is 0.532. The molecule has 0 saturated heterocycles. The Hall–Kier alpha value is -3.30. The van der Waals surface area contributed by atoms with Crippen molar-refractivity contribution < 1.29 is 14.3 Å². The van der Waals surface area contributed by atoms with Crippen LogP contribution in [0.5, 0.6) is 5.75 Å². The minimum absolute atomic E-state index is 0.151. The Morgan fingerprint density at radius 1 is 1.03 bits per heavy atom. The lowest BCUT2D eigenvalue weighted by Crippen LogP contribution is -2.31. The van der Waals surface area contributed by atoms with Crippen molar-refractivity contribution in [3.05, 3.63) is 69.7 Å². The summed E-state index contributed by atoms with van der Waals surface area (Å²) >= 11 is 1.18. The van der Waals surface area contributed by atoms with Gasteiger partial charge in [0.25, 0.3) is 11.8 Å². The number of amides is 2. The molecule has 162 valence electrons. The van der Waals surface area contributed by atoms with Crippen LogP contribution in [0.3, 0.4) is 0 Å². The number of hydrogen-bond acceptors (Lipinski definition) is 7. The second-order valence-corrected chi connectivity index (χ2v) is 8.21. The van der Waals surface area contributed by atoms with Gasteiger partial charge in [0.15, 0.2) is 5.01 Å². The maximum atomic E-state index is 12.5. The van der Waals surface area contributed by atoms with E-state index in [9.17, 15) is 9.59 Å². The predicted octanol–water partition coefficient (Wildman–Crippen LogP) is 2.97. The average Bonchev–Trinajstić information content (AvgIpc) is 3.22. The Labute approximate surface area is 185 Å². The molecule has 31 heavy (non-hydrogen) atoms. The maximum absolute atomic E-state index is 12.5. The monoisotopic (exact) mass is 439 g/mol. The zero-order valence-electron chi connectivity index (χ0n) is 17.7. The number of carbonyl (C=O) groups excluding carboxylic acids is 2. The molecule has 9 heteroatoms. The highest BCUT2D eigenvalue weighted by atomic mass is 32.1. The molecule has 0 unspecified atom stereocenters. The van der Waals surface area contributed by atoms with E-state index in [4.69, 9.17) is 4.74 Å². The van der Waals surface area contributed by atoms with Crippen molar-refractivity contribution in [2.75, 3.05) is 32.5 Å². The number of rotatable bonds is 9. The SMILES string of the molecule is Cc1ccccc1OCc1nnc(C(=O)Nc2ccc(C(=O)NCCN(C)C)cc2)s1. The molecule has 3 aromatic rings. The van der Waals surface area contributed by atoms with Crippen LogP contribution in [0.25, 0.3) is 0 Å². The lowest BCUT2D eigenvalue weighted by Gasteiger charge is -2.10. The van der Waals surface area contributed by atoms with Gasteiger partial charge in [-0.05, 0) is 56.9 Å². The topological polar surface area (TPSA) is 96.5 Å². The molecule has 2 amide bonds. The number of hydrogen-bond donors (Lipinski definition) is 2. The molecular formula is C22H25N5O3S. The molecule has 0 aliphatic rings. The van der Waals surface area contributed by atoms with Gasteiger partial charge in [-0.3, -0.25) is 9.59 Å². The molecule has 0 fully saturated rings. The first-order valence-corrected chi connectivity index (χ1v) is 10.6. The van der Waals surface area contributed by atoms with Crippen molar-refractivity contribution in [1.29, 1.82) is 0 Å². The minimum Gasteiger partial charge on any atom is -0.486 e. The number of aromatic nitrogens is 2. The highest BCUT2D eigenvalue weighted by molar-refractivity contribution is 7.13. The van der Waals surface area contributed by atoms with Crippen LogP contribution in [0, 0.1) is 6.92 Å². The number of para-hydroxylation sites is 1. The van der Waals surface area contributed by atoms with Crippen LogP contribution in [-0.4, -0.2) is 54.1 Å². The molecule has 0 saturated carbocycles. The van der Waals surface area contributed by atoms with Crippen molar-refractivity contribution in [2.45, 2.75) is 13.5 Å². The van der Waals surface area contributed by atoms with Crippen LogP contribution in [0.4, 0.5) is 5.69 Å². The minimum atomic E-state index is -0.358. The molecule has 0 aliphatic heterocycles. The summed E-state index contributed by atoms with van der Waals surface area (Å²) in [7, 11) is 3.89. The summed E-state index contributed by atoms with van der Waals surface area (Å²) in [6.45, 7) is 3.54. The van der Waals surface area contributed by atoms with E-state index in [1.165, 1.54) is 11.3 Å². The number of benzene rings is 2. The number of likely N-dealkylation sites (N-methyl/N-ethyl adjacent to an activating group) is 1. The first-order chi connectivity index (χ1) is 14.9. The lowest BCUT2D eigenvalue weighted by molar-refractivity contribution is 0.0950. The van der Waals surface area contributed by atoms with E-state index >= 15 is 0 Å². The summed E-state index contributed by atoms with van der Waals surface area (Å²) in [6.07, 6.45) is 0. The Morgan fingerprint density at radius 2 is 1.77 bits per heavy atom. The van der Waals surface area contributed by atoms with E-state index in [1.807, 2.05) is 50.2 Å². The summed E-state index contributed by atoms with van der Waals surface area (Å²) in [6, 6.07) is 14.4. The fourth-order valence-electron chi connectivity index (χ4n) is 2.65. The van der Waals surface area contributed by atoms with Crippen LogP contribution >= 0.6 is 11.3 Å². The lowest BCUT2D eigenvalue weighted by atomic mass is 10.2. The number of nitrogens with one attached hydrogen (secondary N) is 2. The maximum Gasteiger partial charge on any atom is 0.286 e. The van der Waals surface area contributed by atoms with Crippen molar-refractivity contribution in [2.24, 2.45) is 0 Å². The van der Waals surface area contributed by atoms with Crippen LogP contribution in [0.1, 0.15) is 30.7 Å². The van der Waals surface area contributed by atoms with Crippen LogP contribution in [0.15, 0.2) is 48.5 Å². The Morgan fingerprint density at radius 3 is 2.48 bits per heavy atom. The fraction of sp³-hybridized carbons (Fsp3) is 0.273. The Balaban J connectivity index is 1.52. The summed E-state index contributed by atoms with van der Waals surface area (Å²) in [5.41, 5.74) is 2.13. The van der Waals surface area contributed by atoms with E-state index in [-0.39, 0.29) is 23.4 Å². The fourth-order valence-corrected chi connectivity index (χ4v) is 3.29. The third-order valence-electron chi connectivity index (χ3n) is 4.36. The molecule has 2 N–H and O–H groups in total. The zero-order valence-corrected chi connectivity index (χ0v) is 18.5. The largest absolute Gasteiger partial charge is 0.486 e. The molecule has 2 aromatic carbocycles. The number of carbonyl (C=O) groups is 2. The smallest absolute Gasteiger partial charge is 0.286 e. The van der Waals surface area contributed by atoms with E-state index in [1.54, 1.807) is 24.3 Å². The second-order valence-electron chi connectivity index (χ2n) is 7.15. The van der Waals surface area contributed by atoms with Gasteiger partial charge in [0.2, 0.25) is 5.01 Å². The van der Waals surface area contributed by atoms with E-state index in [0.717, 1.165) is 17.9 Å². The van der Waals surface area contributed by atoms with Gasteiger partial charge in [0.1, 0.15) is 12.4 Å². The number of nitrogens with zero attached hydrogens (tertiary/aromatic N) is 3. The van der Waals surface area contributed by atoms with Gasteiger partial charge in [0, 0.05) is 24.3 Å². The number of ether oxygens (including phenoxy) is 1. The Bertz CT molecular complexity index is 1030. The van der Waals surface area contributed by atoms with Gasteiger partial charge >= 0.3 is 0 Å². The second kappa shape index (κ2) is 10.6. The first kappa shape index (κ1) is 22.4. The van der Waals surface area contributed by atoms with Crippen molar-refractivity contribution >= 4 is 28.8 Å². The molecule has 0 aliphatic carbocycles. The summed E-state index contributed by atoms with van der Waals surface area (Å²) < 4.78 is 5.75. The van der Waals surface area contributed by atoms with Gasteiger partial charge in [-0.25, -0.2) is 0 Å². The van der Waals surface area contributed by atoms with Crippen LogP contribution < -0.4 is 15.4 Å². The van der Waals surface area contributed by atoms with Crippen molar-refractivity contribution in [3.63, 3.8) is 0 Å². The van der Waals surface area contributed by atoms with Gasteiger partial charge < -0.3 is 20.3 Å².